The molecule has 4 N–H and O–H groups in total. The Kier molecular flexibility index (Phi) is 3.19. The van der Waals surface area contributed by atoms with Crippen LogP contribution in [-0.2, 0) is 0 Å². The van der Waals surface area contributed by atoms with Crippen molar-refractivity contribution in [1.82, 2.24) is 10.9 Å². The van der Waals surface area contributed by atoms with Crippen molar-refractivity contribution >= 4 is 5.69 Å². The molecule has 3 rings (SSSR count). The molecule has 19 heavy (non-hydrogen) atoms. The van der Waals surface area contributed by atoms with Crippen LogP contribution < -0.4 is 16.6 Å². The molecule has 1 heterocycles. The van der Waals surface area contributed by atoms with Gasteiger partial charge in [0, 0.05) is 17.3 Å². The van der Waals surface area contributed by atoms with Crippen molar-refractivity contribution in [3.63, 3.8) is 0 Å². The maximum atomic E-state index is 13.7. The molecule has 0 spiro atoms. The van der Waals surface area contributed by atoms with E-state index < -0.39 is 0 Å². The zero-order chi connectivity index (χ0) is 13.2. The molecule has 1 aliphatic heterocycles. The van der Waals surface area contributed by atoms with Gasteiger partial charge in [0.1, 0.15) is 5.82 Å². The second-order valence-corrected chi connectivity index (χ2v) is 4.82. The molecular formula is C15H16FN3. The average molecular weight is 257 g/mol. The zero-order valence-electron chi connectivity index (χ0n) is 10.4. The van der Waals surface area contributed by atoms with Gasteiger partial charge in [-0.25, -0.2) is 15.2 Å². The van der Waals surface area contributed by atoms with E-state index in [1.54, 1.807) is 6.07 Å². The predicted molar refractivity (Wildman–Crippen MR) is 73.6 cm³/mol. The van der Waals surface area contributed by atoms with Gasteiger partial charge in [0.2, 0.25) is 0 Å². The first-order valence-corrected chi connectivity index (χ1v) is 6.35. The average Bonchev–Trinajstić information content (AvgIpc) is 2.89. The lowest BCUT2D eigenvalue weighted by Gasteiger charge is -2.11. The van der Waals surface area contributed by atoms with Crippen molar-refractivity contribution in [3.05, 3.63) is 65.5 Å². The first-order valence-electron chi connectivity index (χ1n) is 6.35. The van der Waals surface area contributed by atoms with E-state index in [-0.39, 0.29) is 17.9 Å². The van der Waals surface area contributed by atoms with Gasteiger partial charge in [0.25, 0.3) is 0 Å². The third-order valence-corrected chi connectivity index (χ3v) is 3.52. The number of nitrogens with one attached hydrogen (secondary N) is 2. The van der Waals surface area contributed by atoms with Crippen molar-refractivity contribution in [2.75, 3.05) is 5.73 Å². The van der Waals surface area contributed by atoms with Crippen LogP contribution in [0.25, 0.3) is 0 Å². The highest BCUT2D eigenvalue weighted by Crippen LogP contribution is 2.31. The minimum atomic E-state index is -0.167. The number of rotatable bonds is 2. The SMILES string of the molecule is Nc1ccc(C2CC(c3ccccc3F)NN2)cc1. The monoisotopic (exact) mass is 257 g/mol. The molecule has 3 nitrogen and oxygen atoms in total. The number of nitrogens with two attached hydrogens (primary N) is 1. The second kappa shape index (κ2) is 4.99. The van der Waals surface area contributed by atoms with Gasteiger partial charge >= 0.3 is 0 Å². The Morgan fingerprint density at radius 2 is 1.63 bits per heavy atom. The molecule has 0 amide bonds. The van der Waals surface area contributed by atoms with Gasteiger partial charge in [0.15, 0.2) is 0 Å². The summed E-state index contributed by atoms with van der Waals surface area (Å²) in [5.74, 6) is -0.167. The van der Waals surface area contributed by atoms with E-state index in [4.69, 9.17) is 5.73 Å². The molecule has 0 bridgehead atoms. The number of hydrogen-bond donors (Lipinski definition) is 3. The van der Waals surface area contributed by atoms with E-state index in [2.05, 4.69) is 10.9 Å². The molecule has 98 valence electrons. The normalized spacial score (nSPS) is 22.6. The van der Waals surface area contributed by atoms with Crippen LogP contribution in [0.15, 0.2) is 48.5 Å². The molecular weight excluding hydrogens is 241 g/mol. The van der Waals surface area contributed by atoms with Gasteiger partial charge in [-0.3, -0.25) is 0 Å². The van der Waals surface area contributed by atoms with Crippen molar-refractivity contribution in [2.45, 2.75) is 18.5 Å². The molecule has 1 fully saturated rings. The molecule has 0 aliphatic carbocycles. The van der Waals surface area contributed by atoms with Gasteiger partial charge in [0.05, 0.1) is 6.04 Å². The first kappa shape index (κ1) is 12.1. The molecule has 0 radical (unpaired) electrons. The number of nitrogen functional groups attached to an aromatic ring is 1. The third kappa shape index (κ3) is 2.45. The van der Waals surface area contributed by atoms with Crippen LogP contribution in [0.2, 0.25) is 0 Å². The van der Waals surface area contributed by atoms with Crippen LogP contribution in [-0.4, -0.2) is 0 Å². The maximum absolute atomic E-state index is 13.7. The molecule has 2 aromatic carbocycles. The van der Waals surface area contributed by atoms with Crippen LogP contribution in [0.5, 0.6) is 0 Å². The lowest BCUT2D eigenvalue weighted by Crippen LogP contribution is -2.27. The third-order valence-electron chi connectivity index (χ3n) is 3.52. The van der Waals surface area contributed by atoms with E-state index >= 15 is 0 Å². The van der Waals surface area contributed by atoms with Gasteiger partial charge in [-0.05, 0) is 30.2 Å². The van der Waals surface area contributed by atoms with Crippen LogP contribution in [0.1, 0.15) is 29.6 Å². The fraction of sp³-hybridized carbons (Fsp3) is 0.200. The summed E-state index contributed by atoms with van der Waals surface area (Å²) in [5.41, 5.74) is 14.6. The Morgan fingerprint density at radius 1 is 0.947 bits per heavy atom. The highest BCUT2D eigenvalue weighted by Gasteiger charge is 2.27. The standard InChI is InChI=1S/C15H16FN3/c16-13-4-2-1-3-12(13)15-9-14(18-19-15)10-5-7-11(17)8-6-10/h1-8,14-15,18-19H,9,17H2. The summed E-state index contributed by atoms with van der Waals surface area (Å²) in [6.45, 7) is 0. The van der Waals surface area contributed by atoms with Crippen molar-refractivity contribution < 1.29 is 4.39 Å². The minimum Gasteiger partial charge on any atom is -0.399 e. The Morgan fingerprint density at radius 3 is 2.37 bits per heavy atom. The molecule has 0 aromatic heterocycles. The van der Waals surface area contributed by atoms with Gasteiger partial charge in [-0.2, -0.15) is 0 Å². The smallest absolute Gasteiger partial charge is 0.128 e. The topological polar surface area (TPSA) is 50.1 Å². The van der Waals surface area contributed by atoms with Crippen LogP contribution in [0.4, 0.5) is 10.1 Å². The molecule has 2 unspecified atom stereocenters. The van der Waals surface area contributed by atoms with Gasteiger partial charge in [-0.15, -0.1) is 0 Å². The van der Waals surface area contributed by atoms with Crippen molar-refractivity contribution in [3.8, 4) is 0 Å². The number of halogens is 1. The molecule has 2 aromatic rings. The van der Waals surface area contributed by atoms with E-state index in [1.165, 1.54) is 6.07 Å². The number of anilines is 1. The zero-order valence-corrected chi connectivity index (χ0v) is 10.4. The molecule has 4 heteroatoms. The Hall–Kier alpha value is -1.91. The molecule has 2 atom stereocenters. The number of benzene rings is 2. The second-order valence-electron chi connectivity index (χ2n) is 4.82. The van der Waals surface area contributed by atoms with Crippen LogP contribution in [0.3, 0.4) is 0 Å². The highest BCUT2D eigenvalue weighted by atomic mass is 19.1. The van der Waals surface area contributed by atoms with Crippen LogP contribution in [0, 0.1) is 5.82 Å². The van der Waals surface area contributed by atoms with Gasteiger partial charge in [-0.1, -0.05) is 30.3 Å². The molecule has 0 saturated carbocycles. The fourth-order valence-electron chi connectivity index (χ4n) is 2.46. The fourth-order valence-corrected chi connectivity index (χ4v) is 2.46. The highest BCUT2D eigenvalue weighted by molar-refractivity contribution is 5.40. The lowest BCUT2D eigenvalue weighted by molar-refractivity contribution is 0.528. The summed E-state index contributed by atoms with van der Waals surface area (Å²) < 4.78 is 13.7. The molecule has 1 saturated heterocycles. The Bertz CT molecular complexity index is 568. The summed E-state index contributed by atoms with van der Waals surface area (Å²) in [6.07, 6.45) is 0.810. The number of hydrogen-bond acceptors (Lipinski definition) is 3. The minimum absolute atomic E-state index is 0.0104. The summed E-state index contributed by atoms with van der Waals surface area (Å²) in [5, 5.41) is 0. The summed E-state index contributed by atoms with van der Waals surface area (Å²) in [6, 6.07) is 14.8. The van der Waals surface area contributed by atoms with Crippen molar-refractivity contribution in [1.29, 1.82) is 0 Å². The quantitative estimate of drug-likeness (QED) is 0.725. The lowest BCUT2D eigenvalue weighted by atomic mass is 9.97. The predicted octanol–water partition coefficient (Wildman–Crippen LogP) is 2.69. The van der Waals surface area contributed by atoms with E-state index in [0.717, 1.165) is 17.7 Å². The van der Waals surface area contributed by atoms with Crippen LogP contribution >= 0.6 is 0 Å². The van der Waals surface area contributed by atoms with E-state index in [0.29, 0.717) is 5.56 Å². The Balaban J connectivity index is 1.77. The van der Waals surface area contributed by atoms with Gasteiger partial charge < -0.3 is 5.73 Å². The van der Waals surface area contributed by atoms with Crippen molar-refractivity contribution in [2.24, 2.45) is 0 Å². The summed E-state index contributed by atoms with van der Waals surface area (Å²) in [7, 11) is 0. The Labute approximate surface area is 111 Å². The first-order chi connectivity index (χ1) is 9.24. The summed E-state index contributed by atoms with van der Waals surface area (Å²) >= 11 is 0. The largest absolute Gasteiger partial charge is 0.399 e. The summed E-state index contributed by atoms with van der Waals surface area (Å²) in [4.78, 5) is 0. The van der Waals surface area contributed by atoms with E-state index in [9.17, 15) is 4.39 Å². The van der Waals surface area contributed by atoms with E-state index in [1.807, 2.05) is 36.4 Å². The molecule has 1 aliphatic rings. The maximum Gasteiger partial charge on any atom is 0.128 e. The number of hydrazine groups is 1.